The first kappa shape index (κ1) is 26.5. The summed E-state index contributed by atoms with van der Waals surface area (Å²) in [4.78, 5) is 20.5. The minimum absolute atomic E-state index is 0.0392. The van der Waals surface area contributed by atoms with Crippen molar-refractivity contribution in [2.24, 2.45) is 11.8 Å². The van der Waals surface area contributed by atoms with E-state index in [1.54, 1.807) is 19.4 Å². The van der Waals surface area contributed by atoms with Gasteiger partial charge in [-0.25, -0.2) is 4.39 Å². The van der Waals surface area contributed by atoms with Gasteiger partial charge in [-0.2, -0.15) is 0 Å². The van der Waals surface area contributed by atoms with Gasteiger partial charge in [-0.05, 0) is 86.3 Å². The number of anilines is 1. The molecule has 2 saturated carbocycles. The number of ketones is 1. The van der Waals surface area contributed by atoms with Gasteiger partial charge in [0.05, 0.1) is 27.9 Å². The lowest BCUT2D eigenvalue weighted by Gasteiger charge is -2.32. The first-order valence-corrected chi connectivity index (χ1v) is 14.4. The van der Waals surface area contributed by atoms with E-state index in [1.807, 2.05) is 18.2 Å². The number of nitrogens with one attached hydrogen (secondary N) is 1. The molecule has 3 fully saturated rings. The van der Waals surface area contributed by atoms with E-state index in [0.29, 0.717) is 23.1 Å². The minimum Gasteiger partial charge on any atom is -0.504 e. The Morgan fingerprint density at radius 2 is 1.92 bits per heavy atom. The number of aromatic nitrogens is 1. The second kappa shape index (κ2) is 11.0. The Morgan fingerprint density at radius 3 is 2.62 bits per heavy atom. The largest absolute Gasteiger partial charge is 0.504 e. The Kier molecular flexibility index (Phi) is 7.49. The summed E-state index contributed by atoms with van der Waals surface area (Å²) in [5.74, 6) is -0.422. The summed E-state index contributed by atoms with van der Waals surface area (Å²) in [5, 5.41) is 14.3. The number of carbonyl (C=O) groups is 1. The topological polar surface area (TPSA) is 74.7 Å². The highest BCUT2D eigenvalue weighted by molar-refractivity contribution is 6.32. The second-order valence-corrected chi connectivity index (χ2v) is 11.9. The zero-order valence-electron chi connectivity index (χ0n) is 22.3. The third-order valence-electron chi connectivity index (χ3n) is 8.71. The molecule has 2 aromatic carbocycles. The number of phenols is 1. The van der Waals surface area contributed by atoms with Gasteiger partial charge < -0.3 is 20.1 Å². The number of methoxy groups -OCH3 is 1. The Labute approximate surface area is 233 Å². The maximum absolute atomic E-state index is 14.3. The van der Waals surface area contributed by atoms with Crippen LogP contribution in [0.3, 0.4) is 0 Å². The summed E-state index contributed by atoms with van der Waals surface area (Å²) in [7, 11) is 1.80. The molecule has 1 aromatic heterocycles. The van der Waals surface area contributed by atoms with E-state index in [2.05, 4.69) is 15.2 Å². The molecule has 6 rings (SSSR count). The van der Waals surface area contributed by atoms with Crippen LogP contribution in [0.4, 0.5) is 10.1 Å². The highest BCUT2D eigenvalue weighted by Gasteiger charge is 2.34. The maximum atomic E-state index is 14.3. The van der Waals surface area contributed by atoms with E-state index >= 15 is 0 Å². The smallest absolute Gasteiger partial charge is 0.170 e. The molecule has 1 aliphatic heterocycles. The summed E-state index contributed by atoms with van der Waals surface area (Å²) in [6.07, 6.45) is 9.44. The van der Waals surface area contributed by atoms with Gasteiger partial charge in [0.25, 0.3) is 0 Å². The molecule has 6 nitrogen and oxygen atoms in total. The van der Waals surface area contributed by atoms with Crippen LogP contribution < -0.4 is 5.32 Å². The Bertz CT molecular complexity index is 1360. The molecule has 206 valence electrons. The fourth-order valence-electron chi connectivity index (χ4n) is 6.23. The van der Waals surface area contributed by atoms with E-state index in [-0.39, 0.29) is 22.8 Å². The Hall–Kier alpha value is -2.74. The normalized spacial score (nSPS) is 23.8. The first-order chi connectivity index (χ1) is 18.9. The molecule has 3 aliphatic rings. The van der Waals surface area contributed by atoms with Crippen LogP contribution in [0.15, 0.2) is 36.5 Å². The van der Waals surface area contributed by atoms with Crippen LogP contribution in [0.1, 0.15) is 55.3 Å². The number of phenolic OH excluding ortho intramolecular Hbond substituents is 1. The number of ether oxygens (including phenoxy) is 1. The van der Waals surface area contributed by atoms with Crippen molar-refractivity contribution in [1.29, 1.82) is 0 Å². The molecule has 2 aliphatic carbocycles. The second-order valence-electron chi connectivity index (χ2n) is 11.5. The zero-order chi connectivity index (χ0) is 27.1. The van der Waals surface area contributed by atoms with Gasteiger partial charge in [0, 0.05) is 50.3 Å². The summed E-state index contributed by atoms with van der Waals surface area (Å²) in [6.45, 7) is 3.28. The lowest BCUT2D eigenvalue weighted by atomic mass is 9.85. The first-order valence-electron chi connectivity index (χ1n) is 14.1. The Morgan fingerprint density at radius 1 is 1.13 bits per heavy atom. The molecule has 2 heterocycles. The van der Waals surface area contributed by atoms with Gasteiger partial charge >= 0.3 is 0 Å². The van der Waals surface area contributed by atoms with E-state index in [1.165, 1.54) is 6.07 Å². The van der Waals surface area contributed by atoms with E-state index in [4.69, 9.17) is 16.3 Å². The maximum Gasteiger partial charge on any atom is 0.170 e. The number of halogens is 2. The number of likely N-dealkylation sites (tertiary alicyclic amines) is 1. The van der Waals surface area contributed by atoms with Crippen LogP contribution in [-0.4, -0.2) is 59.7 Å². The van der Waals surface area contributed by atoms with Crippen molar-refractivity contribution in [3.8, 4) is 16.9 Å². The van der Waals surface area contributed by atoms with Crippen molar-refractivity contribution < 1.29 is 19.0 Å². The molecular formula is C31H35ClFN3O3. The average Bonchev–Trinajstić information content (AvgIpc) is 3.70. The number of benzene rings is 2. The third-order valence-corrected chi connectivity index (χ3v) is 8.99. The Balaban J connectivity index is 1.26. The van der Waals surface area contributed by atoms with Gasteiger partial charge in [-0.1, -0.05) is 17.7 Å². The van der Waals surface area contributed by atoms with Crippen molar-refractivity contribution >= 4 is 34.0 Å². The summed E-state index contributed by atoms with van der Waals surface area (Å²) < 4.78 is 19.8. The molecule has 0 amide bonds. The highest BCUT2D eigenvalue weighted by Crippen LogP contribution is 2.40. The van der Waals surface area contributed by atoms with Crippen LogP contribution in [-0.2, 0) is 4.74 Å². The molecular weight excluding hydrogens is 517 g/mol. The predicted octanol–water partition coefficient (Wildman–Crippen LogP) is 6.68. The quantitative estimate of drug-likeness (QED) is 0.304. The van der Waals surface area contributed by atoms with Crippen molar-refractivity contribution in [2.75, 3.05) is 32.1 Å². The lowest BCUT2D eigenvalue weighted by molar-refractivity contribution is 0.0968. The number of fused-ring (bicyclic) bond motifs is 1. The summed E-state index contributed by atoms with van der Waals surface area (Å²) >= 11 is 6.07. The van der Waals surface area contributed by atoms with Gasteiger partial charge in [0.1, 0.15) is 0 Å². The van der Waals surface area contributed by atoms with E-state index < -0.39 is 11.6 Å². The number of carbonyl (C=O) groups excluding carboxylic acids is 1. The molecule has 3 aromatic rings. The van der Waals surface area contributed by atoms with E-state index in [0.717, 1.165) is 86.7 Å². The fourth-order valence-corrected chi connectivity index (χ4v) is 6.43. The molecule has 39 heavy (non-hydrogen) atoms. The number of pyridine rings is 1. The SMILES string of the molecule is COC1CCN(C[C@H]2CC[C@H](Nc3c(C(=O)C4CC4)cnc4ccc(-c5cc(F)c(O)c(Cl)c5)cc34)CC2)C1. The molecule has 1 atom stereocenters. The molecule has 1 unspecified atom stereocenters. The summed E-state index contributed by atoms with van der Waals surface area (Å²) in [6, 6.07) is 8.80. The van der Waals surface area contributed by atoms with Gasteiger partial charge in [-0.3, -0.25) is 9.78 Å². The van der Waals surface area contributed by atoms with Crippen molar-refractivity contribution in [2.45, 2.75) is 57.1 Å². The van der Waals surface area contributed by atoms with Gasteiger partial charge in [-0.15, -0.1) is 0 Å². The van der Waals surface area contributed by atoms with E-state index in [9.17, 15) is 14.3 Å². The predicted molar refractivity (Wildman–Crippen MR) is 152 cm³/mol. The van der Waals surface area contributed by atoms with Crippen LogP contribution in [0, 0.1) is 17.7 Å². The summed E-state index contributed by atoms with van der Waals surface area (Å²) in [5.41, 5.74) is 3.54. The van der Waals surface area contributed by atoms with Crippen LogP contribution in [0.5, 0.6) is 5.75 Å². The van der Waals surface area contributed by atoms with Crippen LogP contribution >= 0.6 is 11.6 Å². The number of hydrogen-bond acceptors (Lipinski definition) is 6. The van der Waals surface area contributed by atoms with Gasteiger partial charge in [0.15, 0.2) is 17.3 Å². The van der Waals surface area contributed by atoms with Gasteiger partial charge in [0.2, 0.25) is 0 Å². The number of nitrogens with zero attached hydrogens (tertiary/aromatic N) is 2. The third kappa shape index (κ3) is 5.63. The molecule has 1 saturated heterocycles. The minimum atomic E-state index is -0.768. The fraction of sp³-hybridized carbons (Fsp3) is 0.484. The van der Waals surface area contributed by atoms with Crippen LogP contribution in [0.2, 0.25) is 5.02 Å². The number of aromatic hydroxyl groups is 1. The molecule has 2 N–H and O–H groups in total. The van der Waals surface area contributed by atoms with Crippen LogP contribution in [0.25, 0.3) is 22.0 Å². The van der Waals surface area contributed by atoms with Crippen molar-refractivity contribution in [3.63, 3.8) is 0 Å². The number of Topliss-reactive ketones (excluding diaryl/α,β-unsaturated/α-hetero) is 1. The number of hydrogen-bond donors (Lipinski definition) is 2. The van der Waals surface area contributed by atoms with Crippen molar-refractivity contribution in [1.82, 2.24) is 9.88 Å². The lowest BCUT2D eigenvalue weighted by Crippen LogP contribution is -2.34. The average molecular weight is 552 g/mol. The molecule has 8 heteroatoms. The molecule has 0 radical (unpaired) electrons. The molecule has 0 bridgehead atoms. The van der Waals surface area contributed by atoms with Crippen molar-refractivity contribution in [3.05, 3.63) is 52.9 Å². The highest BCUT2D eigenvalue weighted by atomic mass is 35.5. The standard InChI is InChI=1S/C31H35ClFN3O3/c1-39-23-10-11-36(17-23)16-18-2-7-22(8-3-18)35-29-24-12-20(21-13-26(32)31(38)27(33)14-21)6-9-28(24)34-15-25(29)30(37)19-4-5-19/h6,9,12-15,18-19,22-23,38H,2-5,7-8,10-11,16-17H2,1H3,(H,34,35)/t18-,22-,23?. The molecule has 0 spiro atoms. The monoisotopic (exact) mass is 551 g/mol. The zero-order valence-corrected chi connectivity index (χ0v) is 23.0. The number of rotatable bonds is 8.